The molecule has 4 nitrogen and oxygen atoms in total. The van der Waals surface area contributed by atoms with Crippen LogP contribution in [0, 0.1) is 18.2 Å². The number of piperidine rings is 1. The predicted molar refractivity (Wildman–Crippen MR) is 134 cm³/mol. The van der Waals surface area contributed by atoms with Crippen LogP contribution in [0.1, 0.15) is 60.4 Å². The van der Waals surface area contributed by atoms with Gasteiger partial charge in [-0.1, -0.05) is 23.5 Å². The molecular formula is C27H24F6N4S. The van der Waals surface area contributed by atoms with Gasteiger partial charge in [0.1, 0.15) is 5.52 Å². The lowest BCUT2D eigenvalue weighted by Crippen LogP contribution is -2.47. The molecule has 1 spiro atoms. The highest BCUT2D eigenvalue weighted by Crippen LogP contribution is 2.58. The minimum Gasteiger partial charge on any atom is -0.348 e. The maximum absolute atomic E-state index is 14.3. The topological polar surface area (TPSA) is 34.0 Å². The van der Waals surface area contributed by atoms with E-state index in [2.05, 4.69) is 15.0 Å². The van der Waals surface area contributed by atoms with Gasteiger partial charge in [0, 0.05) is 19.0 Å². The average molecular weight is 551 g/mol. The second kappa shape index (κ2) is 9.00. The molecule has 38 heavy (non-hydrogen) atoms. The Morgan fingerprint density at radius 1 is 1.08 bits per heavy atom. The molecule has 1 saturated carbocycles. The minimum atomic E-state index is -4.64. The van der Waals surface area contributed by atoms with Gasteiger partial charge in [0.05, 0.1) is 33.4 Å². The molecule has 0 radical (unpaired) electrons. The molecule has 2 fully saturated rings. The summed E-state index contributed by atoms with van der Waals surface area (Å²) in [7, 11) is 0. The normalized spacial score (nSPS) is 18.1. The molecule has 3 heterocycles. The molecule has 1 saturated heterocycles. The van der Waals surface area contributed by atoms with Gasteiger partial charge in [0.25, 0.3) is 6.43 Å². The van der Waals surface area contributed by atoms with Crippen molar-refractivity contribution in [3.8, 4) is 5.69 Å². The lowest BCUT2D eigenvalue weighted by molar-refractivity contribution is -0.137. The molecule has 2 aromatic heterocycles. The van der Waals surface area contributed by atoms with Crippen molar-refractivity contribution in [3.05, 3.63) is 70.8 Å². The van der Waals surface area contributed by atoms with Crippen LogP contribution in [-0.2, 0) is 6.18 Å². The average Bonchev–Trinajstić information content (AvgIpc) is 3.47. The Bertz CT molecular complexity index is 1490. The fraction of sp³-hybridized carbons (Fsp3) is 0.407. The Morgan fingerprint density at radius 2 is 1.79 bits per heavy atom. The van der Waals surface area contributed by atoms with E-state index in [9.17, 15) is 26.3 Å². The van der Waals surface area contributed by atoms with E-state index in [0.717, 1.165) is 45.2 Å². The van der Waals surface area contributed by atoms with E-state index in [4.69, 9.17) is 0 Å². The number of aryl methyl sites for hydroxylation is 1. The van der Waals surface area contributed by atoms with Gasteiger partial charge in [-0.25, -0.2) is 22.8 Å². The number of rotatable bonds is 4. The molecule has 1 aliphatic heterocycles. The Balaban J connectivity index is 1.22. The maximum Gasteiger partial charge on any atom is 0.418 e. The molecule has 4 aromatic rings. The van der Waals surface area contributed by atoms with Crippen molar-refractivity contribution in [2.45, 2.75) is 51.1 Å². The van der Waals surface area contributed by atoms with Crippen LogP contribution in [0.15, 0.2) is 42.6 Å². The van der Waals surface area contributed by atoms with E-state index in [1.165, 1.54) is 35.6 Å². The molecule has 1 aliphatic carbocycles. The highest BCUT2D eigenvalue weighted by molar-refractivity contribution is 7.22. The first-order valence-corrected chi connectivity index (χ1v) is 13.2. The summed E-state index contributed by atoms with van der Waals surface area (Å²) in [6.45, 7) is 3.24. The lowest BCUT2D eigenvalue weighted by atomic mass is 9.56. The summed E-state index contributed by atoms with van der Waals surface area (Å²) in [5.74, 6) is -0.648. The molecule has 0 N–H and O–H groups in total. The van der Waals surface area contributed by atoms with Crippen molar-refractivity contribution < 1.29 is 26.3 Å². The van der Waals surface area contributed by atoms with Crippen molar-refractivity contribution in [1.29, 1.82) is 0 Å². The number of anilines is 1. The number of para-hydroxylation sites is 1. The zero-order valence-corrected chi connectivity index (χ0v) is 21.2. The second-order valence-corrected chi connectivity index (χ2v) is 11.4. The highest BCUT2D eigenvalue weighted by atomic mass is 32.1. The van der Waals surface area contributed by atoms with Crippen LogP contribution in [0.4, 0.5) is 31.5 Å². The first-order chi connectivity index (χ1) is 18.0. The Morgan fingerprint density at radius 3 is 2.47 bits per heavy atom. The number of halogens is 6. The minimum absolute atomic E-state index is 0.0717. The summed E-state index contributed by atoms with van der Waals surface area (Å²) in [4.78, 5) is 6.64. The van der Waals surface area contributed by atoms with Crippen LogP contribution in [0.2, 0.25) is 0 Å². The Kier molecular flexibility index (Phi) is 5.97. The molecule has 6 rings (SSSR count). The van der Waals surface area contributed by atoms with Gasteiger partial charge < -0.3 is 4.90 Å². The van der Waals surface area contributed by atoms with Crippen LogP contribution in [0.5, 0.6) is 0 Å². The highest BCUT2D eigenvalue weighted by Gasteiger charge is 2.49. The molecule has 0 unspecified atom stereocenters. The monoisotopic (exact) mass is 550 g/mol. The summed E-state index contributed by atoms with van der Waals surface area (Å²) < 4.78 is 85.1. The van der Waals surface area contributed by atoms with Crippen LogP contribution in [0.25, 0.3) is 15.9 Å². The quantitative estimate of drug-likeness (QED) is 0.241. The SMILES string of the molecule is Cc1cc(F)c2nc(N3CCC4(CC3)CC(c3c(C(F)F)cnn3-c3ccccc3C(F)(F)F)C4)sc2c1. The van der Waals surface area contributed by atoms with Crippen LogP contribution in [-0.4, -0.2) is 27.9 Å². The number of alkyl halides is 5. The molecule has 0 atom stereocenters. The summed E-state index contributed by atoms with van der Waals surface area (Å²) in [6.07, 6.45) is -3.66. The fourth-order valence-electron chi connectivity index (χ4n) is 6.04. The summed E-state index contributed by atoms with van der Waals surface area (Å²) >= 11 is 1.45. The van der Waals surface area contributed by atoms with Gasteiger partial charge in [-0.05, 0) is 67.9 Å². The zero-order valence-electron chi connectivity index (χ0n) is 20.4. The molecule has 2 aromatic carbocycles. The summed E-state index contributed by atoms with van der Waals surface area (Å²) in [5, 5.41) is 4.76. The van der Waals surface area contributed by atoms with Gasteiger partial charge in [-0.15, -0.1) is 0 Å². The molecule has 200 valence electrons. The van der Waals surface area contributed by atoms with E-state index in [0.29, 0.717) is 31.4 Å². The number of fused-ring (bicyclic) bond motifs is 1. The predicted octanol–water partition coefficient (Wildman–Crippen LogP) is 8.05. The second-order valence-electron chi connectivity index (χ2n) is 10.4. The van der Waals surface area contributed by atoms with Gasteiger partial charge in [0.15, 0.2) is 10.9 Å². The van der Waals surface area contributed by atoms with Crippen molar-refractivity contribution >= 4 is 26.7 Å². The molecular weight excluding hydrogens is 526 g/mol. The Labute approximate surface area is 218 Å². The van der Waals surface area contributed by atoms with E-state index < -0.39 is 18.2 Å². The summed E-state index contributed by atoms with van der Waals surface area (Å²) in [5.41, 5.74) is -0.161. The third-order valence-corrected chi connectivity index (χ3v) is 8.99. The van der Waals surface area contributed by atoms with E-state index in [1.54, 1.807) is 0 Å². The first-order valence-electron chi connectivity index (χ1n) is 12.4. The Hall–Kier alpha value is -3.08. The third-order valence-electron chi connectivity index (χ3n) is 7.93. The number of hydrogen-bond acceptors (Lipinski definition) is 4. The maximum atomic E-state index is 14.3. The van der Waals surface area contributed by atoms with Gasteiger partial charge in [0.2, 0.25) is 0 Å². The summed E-state index contributed by atoms with van der Waals surface area (Å²) in [6, 6.07) is 8.32. The van der Waals surface area contributed by atoms with E-state index in [1.807, 2.05) is 13.0 Å². The number of aromatic nitrogens is 3. The number of benzene rings is 2. The van der Waals surface area contributed by atoms with E-state index in [-0.39, 0.29) is 34.1 Å². The van der Waals surface area contributed by atoms with Crippen LogP contribution in [0.3, 0.4) is 0 Å². The number of hydrogen-bond donors (Lipinski definition) is 0. The zero-order chi connectivity index (χ0) is 26.8. The van der Waals surface area contributed by atoms with Gasteiger partial charge in [-0.2, -0.15) is 18.3 Å². The van der Waals surface area contributed by atoms with Gasteiger partial charge >= 0.3 is 6.18 Å². The number of nitrogens with zero attached hydrogens (tertiary/aromatic N) is 4. The van der Waals surface area contributed by atoms with Crippen molar-refractivity contribution in [2.75, 3.05) is 18.0 Å². The van der Waals surface area contributed by atoms with Crippen molar-refractivity contribution in [3.63, 3.8) is 0 Å². The van der Waals surface area contributed by atoms with Crippen LogP contribution < -0.4 is 4.90 Å². The largest absolute Gasteiger partial charge is 0.418 e. The van der Waals surface area contributed by atoms with Crippen LogP contribution >= 0.6 is 11.3 Å². The smallest absolute Gasteiger partial charge is 0.348 e. The molecule has 2 aliphatic rings. The fourth-order valence-corrected chi connectivity index (χ4v) is 7.17. The third kappa shape index (κ3) is 4.24. The van der Waals surface area contributed by atoms with E-state index >= 15 is 0 Å². The van der Waals surface area contributed by atoms with Crippen molar-refractivity contribution in [2.24, 2.45) is 5.41 Å². The number of thiazole rings is 1. The standard InChI is InChI=1S/C27H24F6N4S/c1-15-10-19(28)22-21(11-15)38-25(35-22)36-8-6-26(7-9-36)12-16(13-26)23-17(24(29)30)14-34-37(23)20-5-3-2-4-18(20)27(31,32)33/h2-5,10-11,14,16,24H,6-9,12-13H2,1H3. The molecule has 11 heteroatoms. The van der Waals surface area contributed by atoms with Gasteiger partial charge in [-0.3, -0.25) is 0 Å². The molecule has 0 amide bonds. The lowest BCUT2D eigenvalue weighted by Gasteiger charge is -2.52. The van der Waals surface area contributed by atoms with Crippen molar-refractivity contribution in [1.82, 2.24) is 14.8 Å². The first kappa shape index (κ1) is 25.2. The molecule has 0 bridgehead atoms.